The molecule has 1 aliphatic carbocycles. The zero-order valence-corrected chi connectivity index (χ0v) is 13.4. The maximum atomic E-state index is 11.9. The molecule has 0 radical (unpaired) electrons. The number of carbonyl (C=O) groups is 1. The molecule has 0 saturated heterocycles. The zero-order chi connectivity index (χ0) is 16.0. The Morgan fingerprint density at radius 1 is 1.45 bits per heavy atom. The van der Waals surface area contributed by atoms with Crippen LogP contribution in [0.15, 0.2) is 27.9 Å². The van der Waals surface area contributed by atoms with Crippen LogP contribution in [-0.2, 0) is 14.8 Å². The van der Waals surface area contributed by atoms with Crippen molar-refractivity contribution in [2.75, 3.05) is 12.8 Å². The second-order valence-electron chi connectivity index (χ2n) is 5.41. The van der Waals surface area contributed by atoms with Gasteiger partial charge in [-0.1, -0.05) is 19.3 Å². The minimum absolute atomic E-state index is 0.0939. The molecular weight excluding hydrogens is 306 g/mol. The van der Waals surface area contributed by atoms with E-state index < -0.39 is 15.9 Å². The van der Waals surface area contributed by atoms with Gasteiger partial charge in [-0.2, -0.15) is 9.41 Å². The molecule has 8 heteroatoms. The third-order valence-electron chi connectivity index (χ3n) is 3.63. The molecule has 1 saturated carbocycles. The summed E-state index contributed by atoms with van der Waals surface area (Å²) in [6, 6.07) is 3.31. The smallest absolute Gasteiger partial charge is 0.255 e. The lowest BCUT2D eigenvalue weighted by atomic mass is 9.95. The number of sulfonamides is 1. The number of amides is 1. The van der Waals surface area contributed by atoms with E-state index in [9.17, 15) is 13.2 Å². The van der Waals surface area contributed by atoms with Crippen molar-refractivity contribution in [1.29, 1.82) is 0 Å². The van der Waals surface area contributed by atoms with E-state index in [-0.39, 0.29) is 12.6 Å². The zero-order valence-electron chi connectivity index (χ0n) is 12.6. The molecule has 1 amide bonds. The fourth-order valence-electron chi connectivity index (χ4n) is 2.60. The normalized spacial score (nSPS) is 17.2. The molecule has 1 aromatic heterocycles. The number of hydrazone groups is 1. The summed E-state index contributed by atoms with van der Waals surface area (Å²) in [5.74, 6) is 0.0476. The first kappa shape index (κ1) is 16.7. The largest absolute Gasteiger partial charge is 0.463 e. The van der Waals surface area contributed by atoms with Gasteiger partial charge in [0.1, 0.15) is 5.76 Å². The molecule has 122 valence electrons. The summed E-state index contributed by atoms with van der Waals surface area (Å²) in [5.41, 5.74) is 2.33. The van der Waals surface area contributed by atoms with Gasteiger partial charge < -0.3 is 4.42 Å². The van der Waals surface area contributed by atoms with Crippen LogP contribution in [0.4, 0.5) is 0 Å². The monoisotopic (exact) mass is 327 g/mol. The Kier molecular flexibility index (Phi) is 5.73. The van der Waals surface area contributed by atoms with Crippen LogP contribution in [0.25, 0.3) is 0 Å². The number of nitrogens with one attached hydrogen (secondary N) is 1. The fourth-order valence-corrected chi connectivity index (χ4v) is 3.70. The van der Waals surface area contributed by atoms with Gasteiger partial charge in [0.05, 0.1) is 25.3 Å². The number of furan rings is 1. The van der Waals surface area contributed by atoms with Crippen LogP contribution in [0.3, 0.4) is 0 Å². The van der Waals surface area contributed by atoms with Crippen LogP contribution in [-0.4, -0.2) is 43.7 Å². The molecule has 1 heterocycles. The average Bonchev–Trinajstić information content (AvgIpc) is 2.98. The topological polar surface area (TPSA) is 92.0 Å². The molecule has 2 rings (SSSR count). The van der Waals surface area contributed by atoms with E-state index in [2.05, 4.69) is 10.5 Å². The SMILES string of the molecule is CS(=O)(=O)N(CC(=O)NN=Cc1ccco1)C1CCCCC1. The van der Waals surface area contributed by atoms with Crippen LogP contribution in [0, 0.1) is 0 Å². The molecule has 0 aliphatic heterocycles. The maximum Gasteiger partial charge on any atom is 0.255 e. The predicted molar refractivity (Wildman–Crippen MR) is 82.9 cm³/mol. The second-order valence-corrected chi connectivity index (χ2v) is 7.34. The van der Waals surface area contributed by atoms with E-state index in [4.69, 9.17) is 4.42 Å². The molecule has 0 atom stereocenters. The predicted octanol–water partition coefficient (Wildman–Crippen LogP) is 1.32. The molecule has 1 fully saturated rings. The number of hydrogen-bond donors (Lipinski definition) is 1. The first-order valence-electron chi connectivity index (χ1n) is 7.29. The lowest BCUT2D eigenvalue weighted by Crippen LogP contribution is -2.45. The van der Waals surface area contributed by atoms with Gasteiger partial charge in [-0.3, -0.25) is 4.79 Å². The molecule has 1 aliphatic rings. The maximum absolute atomic E-state index is 11.9. The molecule has 7 nitrogen and oxygen atoms in total. The molecular formula is C14H21N3O4S. The van der Waals surface area contributed by atoms with E-state index in [1.54, 1.807) is 12.1 Å². The van der Waals surface area contributed by atoms with Crippen molar-refractivity contribution in [3.8, 4) is 0 Å². The third-order valence-corrected chi connectivity index (χ3v) is 4.91. The number of rotatable bonds is 6. The summed E-state index contributed by atoms with van der Waals surface area (Å²) in [6.07, 6.45) is 8.71. The van der Waals surface area contributed by atoms with Gasteiger partial charge in [-0.05, 0) is 25.0 Å². The van der Waals surface area contributed by atoms with E-state index in [1.165, 1.54) is 16.8 Å². The standard InChI is InChI=1S/C14H21N3O4S/c1-22(19,20)17(12-6-3-2-4-7-12)11-14(18)16-15-10-13-8-5-9-21-13/h5,8-10,12H,2-4,6-7,11H2,1H3,(H,16,18). The molecule has 22 heavy (non-hydrogen) atoms. The van der Waals surface area contributed by atoms with Gasteiger partial charge in [0.15, 0.2) is 0 Å². The highest BCUT2D eigenvalue weighted by atomic mass is 32.2. The molecule has 1 aromatic rings. The Balaban J connectivity index is 1.93. The van der Waals surface area contributed by atoms with E-state index in [0.717, 1.165) is 38.4 Å². The van der Waals surface area contributed by atoms with Crippen molar-refractivity contribution in [2.45, 2.75) is 38.1 Å². The Morgan fingerprint density at radius 2 is 2.18 bits per heavy atom. The summed E-state index contributed by atoms with van der Waals surface area (Å²) in [6.45, 7) is -0.209. The van der Waals surface area contributed by atoms with E-state index >= 15 is 0 Å². The first-order valence-corrected chi connectivity index (χ1v) is 9.14. The van der Waals surface area contributed by atoms with E-state index in [0.29, 0.717) is 5.76 Å². The lowest BCUT2D eigenvalue weighted by molar-refractivity contribution is -0.121. The Hall–Kier alpha value is -1.67. The Morgan fingerprint density at radius 3 is 2.77 bits per heavy atom. The number of nitrogens with zero attached hydrogens (tertiary/aromatic N) is 2. The van der Waals surface area contributed by atoms with Crippen LogP contribution < -0.4 is 5.43 Å². The lowest BCUT2D eigenvalue weighted by Gasteiger charge is -2.31. The van der Waals surface area contributed by atoms with Crippen molar-refractivity contribution < 1.29 is 17.6 Å². The van der Waals surface area contributed by atoms with Gasteiger partial charge in [-0.25, -0.2) is 13.8 Å². The number of carbonyl (C=O) groups excluding carboxylic acids is 1. The molecule has 0 aromatic carbocycles. The quantitative estimate of drug-likeness (QED) is 0.630. The van der Waals surface area contributed by atoms with Crippen molar-refractivity contribution in [3.05, 3.63) is 24.2 Å². The van der Waals surface area contributed by atoms with Gasteiger partial charge >= 0.3 is 0 Å². The van der Waals surface area contributed by atoms with Gasteiger partial charge in [-0.15, -0.1) is 0 Å². The minimum Gasteiger partial charge on any atom is -0.463 e. The molecule has 0 bridgehead atoms. The molecule has 0 spiro atoms. The van der Waals surface area contributed by atoms with Crippen LogP contribution in [0.2, 0.25) is 0 Å². The highest BCUT2D eigenvalue weighted by molar-refractivity contribution is 7.88. The summed E-state index contributed by atoms with van der Waals surface area (Å²) in [5, 5.41) is 3.75. The average molecular weight is 327 g/mol. The van der Waals surface area contributed by atoms with Crippen molar-refractivity contribution >= 4 is 22.1 Å². The minimum atomic E-state index is -3.43. The van der Waals surface area contributed by atoms with Crippen molar-refractivity contribution in [1.82, 2.24) is 9.73 Å². The molecule has 1 N–H and O–H groups in total. The Bertz CT molecular complexity index is 604. The summed E-state index contributed by atoms with van der Waals surface area (Å²) >= 11 is 0. The van der Waals surface area contributed by atoms with Gasteiger partial charge in [0, 0.05) is 6.04 Å². The highest BCUT2D eigenvalue weighted by Crippen LogP contribution is 2.24. The number of hydrogen-bond acceptors (Lipinski definition) is 5. The van der Waals surface area contributed by atoms with Crippen LogP contribution in [0.5, 0.6) is 0 Å². The van der Waals surface area contributed by atoms with Crippen molar-refractivity contribution in [3.63, 3.8) is 0 Å². The van der Waals surface area contributed by atoms with E-state index in [1.807, 2.05) is 0 Å². The fraction of sp³-hybridized carbons (Fsp3) is 0.571. The van der Waals surface area contributed by atoms with Gasteiger partial charge in [0.2, 0.25) is 10.0 Å². The summed E-state index contributed by atoms with van der Waals surface area (Å²) in [7, 11) is -3.43. The van der Waals surface area contributed by atoms with Crippen LogP contribution in [0.1, 0.15) is 37.9 Å². The van der Waals surface area contributed by atoms with Crippen molar-refractivity contribution in [2.24, 2.45) is 5.10 Å². The molecule has 0 unspecified atom stereocenters. The Labute approximate surface area is 130 Å². The third kappa shape index (κ3) is 4.96. The second kappa shape index (κ2) is 7.55. The highest BCUT2D eigenvalue weighted by Gasteiger charge is 2.29. The van der Waals surface area contributed by atoms with Crippen LogP contribution >= 0.6 is 0 Å². The van der Waals surface area contributed by atoms with Gasteiger partial charge in [0.25, 0.3) is 5.91 Å². The summed E-state index contributed by atoms with van der Waals surface area (Å²) in [4.78, 5) is 11.9. The first-order chi connectivity index (χ1) is 10.5. The summed E-state index contributed by atoms with van der Waals surface area (Å²) < 4.78 is 30.2.